The van der Waals surface area contributed by atoms with Gasteiger partial charge in [-0.05, 0) is 56.2 Å². The van der Waals surface area contributed by atoms with Gasteiger partial charge in [0.05, 0.1) is 6.04 Å². The maximum atomic E-state index is 13.9. The van der Waals surface area contributed by atoms with Crippen LogP contribution < -0.4 is 16.4 Å². The summed E-state index contributed by atoms with van der Waals surface area (Å²) in [4.78, 5) is 41.2. The van der Waals surface area contributed by atoms with Crippen LogP contribution in [0.25, 0.3) is 0 Å². The maximum Gasteiger partial charge on any atom is 0.246 e. The van der Waals surface area contributed by atoms with E-state index in [-0.39, 0.29) is 17.7 Å². The van der Waals surface area contributed by atoms with Crippen molar-refractivity contribution in [2.75, 3.05) is 13.6 Å². The van der Waals surface area contributed by atoms with Gasteiger partial charge in [-0.2, -0.15) is 0 Å². The molecule has 4 atom stereocenters. The van der Waals surface area contributed by atoms with E-state index in [0.29, 0.717) is 19.4 Å². The number of hydrogen-bond acceptors (Lipinski definition) is 4. The van der Waals surface area contributed by atoms with E-state index < -0.39 is 28.9 Å². The van der Waals surface area contributed by atoms with Crippen molar-refractivity contribution in [1.29, 1.82) is 0 Å². The lowest BCUT2D eigenvalue weighted by Crippen LogP contribution is -2.65. The average Bonchev–Trinajstić information content (AvgIpc) is 3.34. The van der Waals surface area contributed by atoms with Gasteiger partial charge in [0.1, 0.15) is 11.6 Å². The lowest BCUT2D eigenvalue weighted by Gasteiger charge is -2.44. The van der Waals surface area contributed by atoms with Gasteiger partial charge < -0.3 is 21.3 Å². The molecule has 4 N–H and O–H groups in total. The number of fused-ring (bicyclic) bond motifs is 1. The minimum Gasteiger partial charge on any atom is -0.368 e. The topological polar surface area (TPSA) is 105 Å². The molecular formula is C24H36N4O3. The molecule has 1 unspecified atom stereocenters. The summed E-state index contributed by atoms with van der Waals surface area (Å²) in [5, 5.41) is 5.84. The molecule has 1 aliphatic carbocycles. The molecule has 7 nitrogen and oxygen atoms in total. The van der Waals surface area contributed by atoms with Gasteiger partial charge in [0.2, 0.25) is 17.7 Å². The highest BCUT2D eigenvalue weighted by Gasteiger charge is 2.57. The van der Waals surface area contributed by atoms with Crippen LogP contribution in [-0.2, 0) is 20.8 Å². The summed E-state index contributed by atoms with van der Waals surface area (Å²) < 4.78 is 0. The molecule has 1 aromatic carbocycles. The van der Waals surface area contributed by atoms with Gasteiger partial charge in [0, 0.05) is 12.5 Å². The maximum absolute atomic E-state index is 13.9. The summed E-state index contributed by atoms with van der Waals surface area (Å²) in [6.07, 6.45) is 2.92. The Morgan fingerprint density at radius 1 is 1.23 bits per heavy atom. The number of primary amides is 1. The van der Waals surface area contributed by atoms with Crippen molar-refractivity contribution in [3.05, 3.63) is 35.4 Å². The number of carbonyl (C=O) groups excluding carboxylic acids is 3. The number of likely N-dealkylation sites (N-methyl/N-ethyl adjacent to an activating group) is 1. The second kappa shape index (κ2) is 8.61. The summed E-state index contributed by atoms with van der Waals surface area (Å²) in [5.74, 6) is -1.06. The summed E-state index contributed by atoms with van der Waals surface area (Å²) >= 11 is 0. The molecule has 1 aliphatic heterocycles. The van der Waals surface area contributed by atoms with Crippen molar-refractivity contribution in [2.45, 2.75) is 76.9 Å². The average molecular weight is 429 g/mol. The van der Waals surface area contributed by atoms with Crippen LogP contribution in [0.3, 0.4) is 0 Å². The van der Waals surface area contributed by atoms with E-state index in [0.717, 1.165) is 18.4 Å². The summed E-state index contributed by atoms with van der Waals surface area (Å²) in [7, 11) is 1.70. The predicted octanol–water partition coefficient (Wildman–Crippen LogP) is 1.70. The van der Waals surface area contributed by atoms with E-state index >= 15 is 0 Å². The molecule has 1 heterocycles. The molecule has 1 fully saturated rings. The van der Waals surface area contributed by atoms with E-state index in [2.05, 4.69) is 22.8 Å². The number of nitrogens with two attached hydrogens (primary N) is 1. The van der Waals surface area contributed by atoms with E-state index in [1.807, 2.05) is 32.9 Å². The first-order chi connectivity index (χ1) is 14.5. The Morgan fingerprint density at radius 2 is 1.90 bits per heavy atom. The first kappa shape index (κ1) is 23.3. The van der Waals surface area contributed by atoms with Crippen LogP contribution >= 0.6 is 0 Å². The molecule has 2 aliphatic rings. The molecule has 3 rings (SSSR count). The summed E-state index contributed by atoms with van der Waals surface area (Å²) in [5.41, 5.74) is 6.79. The van der Waals surface area contributed by atoms with Crippen LogP contribution in [0.15, 0.2) is 24.3 Å². The highest BCUT2D eigenvalue weighted by atomic mass is 16.2. The van der Waals surface area contributed by atoms with Crippen molar-refractivity contribution >= 4 is 17.7 Å². The number of nitrogens with one attached hydrogen (secondary N) is 2. The number of aryl methyl sites for hydroxylation is 1. The minimum atomic E-state index is -1.06. The van der Waals surface area contributed by atoms with E-state index in [9.17, 15) is 14.4 Å². The number of benzene rings is 1. The van der Waals surface area contributed by atoms with Gasteiger partial charge >= 0.3 is 0 Å². The van der Waals surface area contributed by atoms with Gasteiger partial charge in [-0.15, -0.1) is 0 Å². The standard InChI is InChI=1S/C24H36N4O3/c1-15(26-5)20(29)27-19(23(2,3)4)21(30)28-14-8-13-24(28,22(25)31)18-12-11-16-9-6-7-10-17(16)18/h6-7,9-10,15,18-19,26H,8,11-14H2,1-5H3,(H2,25,31)(H,27,29)/t15-,18+,19+,24?/m0/s1. The third-order valence-electron chi connectivity index (χ3n) is 7.05. The number of nitrogens with zero attached hydrogens (tertiary/aromatic N) is 1. The SMILES string of the molecule is CN[C@@H](C)C(=O)N[C@H](C(=O)N1CCCC1(C(N)=O)[C@@H]1CCc2ccccc21)C(C)(C)C. The highest BCUT2D eigenvalue weighted by molar-refractivity contribution is 5.96. The third-order valence-corrected chi connectivity index (χ3v) is 7.05. The predicted molar refractivity (Wildman–Crippen MR) is 120 cm³/mol. The van der Waals surface area contributed by atoms with Crippen LogP contribution in [-0.4, -0.2) is 53.8 Å². The van der Waals surface area contributed by atoms with Crippen molar-refractivity contribution < 1.29 is 14.4 Å². The first-order valence-corrected chi connectivity index (χ1v) is 11.2. The monoisotopic (exact) mass is 428 g/mol. The second-order valence-electron chi connectivity index (χ2n) is 9.99. The molecule has 170 valence electrons. The van der Waals surface area contributed by atoms with E-state index in [1.165, 1.54) is 5.56 Å². The number of hydrogen-bond donors (Lipinski definition) is 3. The lowest BCUT2D eigenvalue weighted by molar-refractivity contribution is -0.150. The highest BCUT2D eigenvalue weighted by Crippen LogP contribution is 2.48. The Morgan fingerprint density at radius 3 is 2.52 bits per heavy atom. The molecule has 7 heteroatoms. The third kappa shape index (κ3) is 4.07. The fourth-order valence-corrected chi connectivity index (χ4v) is 5.19. The molecule has 1 saturated heterocycles. The van der Waals surface area contributed by atoms with Crippen molar-refractivity contribution in [2.24, 2.45) is 11.1 Å². The Kier molecular flexibility index (Phi) is 6.46. The number of rotatable bonds is 6. The molecule has 0 radical (unpaired) electrons. The second-order valence-corrected chi connectivity index (χ2v) is 9.99. The number of likely N-dealkylation sites (tertiary alicyclic amines) is 1. The molecule has 0 saturated carbocycles. The van der Waals surface area contributed by atoms with Gasteiger partial charge in [-0.25, -0.2) is 0 Å². The molecule has 31 heavy (non-hydrogen) atoms. The van der Waals surface area contributed by atoms with Gasteiger partial charge in [0.15, 0.2) is 0 Å². The van der Waals surface area contributed by atoms with E-state index in [1.54, 1.807) is 18.9 Å². The van der Waals surface area contributed by atoms with Crippen molar-refractivity contribution in [3.8, 4) is 0 Å². The molecule has 0 spiro atoms. The molecule has 3 amide bonds. The Balaban J connectivity index is 1.99. The molecule has 1 aromatic rings. The van der Waals surface area contributed by atoms with Gasteiger partial charge in [0.25, 0.3) is 0 Å². The minimum absolute atomic E-state index is 0.125. The Hall–Kier alpha value is -2.41. The molecule has 0 bridgehead atoms. The first-order valence-electron chi connectivity index (χ1n) is 11.2. The Labute approximate surface area is 185 Å². The largest absolute Gasteiger partial charge is 0.368 e. The van der Waals surface area contributed by atoms with Crippen LogP contribution in [0.1, 0.15) is 64.0 Å². The normalized spacial score (nSPS) is 25.1. The number of carbonyl (C=O) groups is 3. The zero-order chi connectivity index (χ0) is 23.0. The summed E-state index contributed by atoms with van der Waals surface area (Å²) in [6, 6.07) is 6.93. The van der Waals surface area contributed by atoms with Gasteiger partial charge in [-0.1, -0.05) is 45.0 Å². The quantitative estimate of drug-likeness (QED) is 0.641. The van der Waals surface area contributed by atoms with Crippen LogP contribution in [0.4, 0.5) is 0 Å². The molecular weight excluding hydrogens is 392 g/mol. The fraction of sp³-hybridized carbons (Fsp3) is 0.625. The van der Waals surface area contributed by atoms with E-state index in [4.69, 9.17) is 5.73 Å². The van der Waals surface area contributed by atoms with Crippen LogP contribution in [0.5, 0.6) is 0 Å². The van der Waals surface area contributed by atoms with Crippen LogP contribution in [0.2, 0.25) is 0 Å². The number of amides is 3. The lowest BCUT2D eigenvalue weighted by atomic mass is 9.76. The fourth-order valence-electron chi connectivity index (χ4n) is 5.19. The smallest absolute Gasteiger partial charge is 0.246 e. The zero-order valence-electron chi connectivity index (χ0n) is 19.3. The molecule has 0 aromatic heterocycles. The van der Waals surface area contributed by atoms with Crippen molar-refractivity contribution in [1.82, 2.24) is 15.5 Å². The zero-order valence-corrected chi connectivity index (χ0v) is 19.3. The Bertz CT molecular complexity index is 863. The van der Waals surface area contributed by atoms with Crippen molar-refractivity contribution in [3.63, 3.8) is 0 Å². The van der Waals surface area contributed by atoms with Crippen LogP contribution in [0, 0.1) is 5.41 Å². The van der Waals surface area contributed by atoms with Gasteiger partial charge in [-0.3, -0.25) is 14.4 Å². The summed E-state index contributed by atoms with van der Waals surface area (Å²) in [6.45, 7) is 7.98.